The fraction of sp³-hybridized carbons (Fsp3) is 0.364. The van der Waals surface area contributed by atoms with Crippen LogP contribution in [0.1, 0.15) is 12.8 Å². The topological polar surface area (TPSA) is 21.3 Å². The molecule has 1 aromatic rings. The molecule has 1 saturated heterocycles. The summed E-state index contributed by atoms with van der Waals surface area (Å²) in [5.74, 6) is 0.898. The summed E-state index contributed by atoms with van der Waals surface area (Å²) in [4.78, 5) is 0. The Morgan fingerprint density at radius 1 is 1.43 bits per heavy atom. The molecule has 1 aliphatic rings. The standard InChI is InChI=1S/C11H13BrNO/c12-9-4-3-5-10(8-9)14-11-6-1-2-7-13-11/h3-6,8,11,13H,1-2,7H2. The van der Waals surface area contributed by atoms with Crippen molar-refractivity contribution in [3.05, 3.63) is 35.2 Å². The van der Waals surface area contributed by atoms with E-state index in [0.717, 1.165) is 23.2 Å². The molecule has 1 radical (unpaired) electrons. The molecule has 0 amide bonds. The SMILES string of the molecule is Brc1cccc(OC2[CH]CCCN2)c1. The van der Waals surface area contributed by atoms with E-state index in [4.69, 9.17) is 4.74 Å². The van der Waals surface area contributed by atoms with E-state index in [9.17, 15) is 0 Å². The van der Waals surface area contributed by atoms with Crippen LogP contribution in [-0.4, -0.2) is 12.8 Å². The highest BCUT2D eigenvalue weighted by Crippen LogP contribution is 2.20. The lowest BCUT2D eigenvalue weighted by atomic mass is 10.1. The highest BCUT2D eigenvalue weighted by Gasteiger charge is 2.13. The first-order chi connectivity index (χ1) is 6.84. The summed E-state index contributed by atoms with van der Waals surface area (Å²) in [6.07, 6.45) is 4.58. The minimum atomic E-state index is 0.0676. The molecular formula is C11H13BrNO. The minimum Gasteiger partial charge on any atom is -0.475 e. The molecule has 0 aliphatic carbocycles. The Morgan fingerprint density at radius 2 is 2.36 bits per heavy atom. The van der Waals surface area contributed by atoms with E-state index in [1.807, 2.05) is 24.3 Å². The predicted molar refractivity (Wildman–Crippen MR) is 60.1 cm³/mol. The predicted octanol–water partition coefficient (Wildman–Crippen LogP) is 2.74. The van der Waals surface area contributed by atoms with Crippen molar-refractivity contribution < 1.29 is 4.74 Å². The van der Waals surface area contributed by atoms with Gasteiger partial charge in [0, 0.05) is 10.9 Å². The fourth-order valence-electron chi connectivity index (χ4n) is 1.48. The molecule has 0 spiro atoms. The van der Waals surface area contributed by atoms with Crippen LogP contribution in [0.5, 0.6) is 5.75 Å². The lowest BCUT2D eigenvalue weighted by molar-refractivity contribution is 0.176. The third-order valence-corrected chi connectivity index (χ3v) is 2.66. The average Bonchev–Trinajstić information content (AvgIpc) is 2.19. The number of hydrogen-bond acceptors (Lipinski definition) is 2. The van der Waals surface area contributed by atoms with Crippen LogP contribution in [0.3, 0.4) is 0 Å². The number of hydrogen-bond donors (Lipinski definition) is 1. The minimum absolute atomic E-state index is 0.0676. The van der Waals surface area contributed by atoms with Crippen LogP contribution in [0.15, 0.2) is 28.7 Å². The van der Waals surface area contributed by atoms with E-state index in [0.29, 0.717) is 0 Å². The van der Waals surface area contributed by atoms with Crippen molar-refractivity contribution in [3.63, 3.8) is 0 Å². The Labute approximate surface area is 92.8 Å². The third-order valence-electron chi connectivity index (χ3n) is 2.17. The number of benzene rings is 1. The first kappa shape index (κ1) is 9.99. The Balaban J connectivity index is 1.95. The largest absolute Gasteiger partial charge is 0.475 e. The van der Waals surface area contributed by atoms with Gasteiger partial charge < -0.3 is 4.74 Å². The second kappa shape index (κ2) is 4.80. The van der Waals surface area contributed by atoms with E-state index < -0.39 is 0 Å². The molecule has 1 unspecified atom stereocenters. The van der Waals surface area contributed by atoms with Crippen molar-refractivity contribution in [1.29, 1.82) is 0 Å². The maximum atomic E-state index is 5.74. The summed E-state index contributed by atoms with van der Waals surface area (Å²) < 4.78 is 6.79. The molecule has 75 valence electrons. The highest BCUT2D eigenvalue weighted by atomic mass is 79.9. The van der Waals surface area contributed by atoms with Crippen LogP contribution in [0.4, 0.5) is 0 Å². The van der Waals surface area contributed by atoms with Gasteiger partial charge >= 0.3 is 0 Å². The number of ether oxygens (including phenoxy) is 1. The Kier molecular flexibility index (Phi) is 3.43. The summed E-state index contributed by atoms with van der Waals surface area (Å²) in [6.45, 7) is 1.04. The van der Waals surface area contributed by atoms with Crippen molar-refractivity contribution in [1.82, 2.24) is 5.32 Å². The molecule has 2 nitrogen and oxygen atoms in total. The van der Waals surface area contributed by atoms with Gasteiger partial charge in [-0.15, -0.1) is 0 Å². The molecule has 1 fully saturated rings. The zero-order valence-electron chi connectivity index (χ0n) is 7.87. The van der Waals surface area contributed by atoms with Gasteiger partial charge in [-0.25, -0.2) is 0 Å². The van der Waals surface area contributed by atoms with Gasteiger partial charge in [0.05, 0.1) is 0 Å². The third kappa shape index (κ3) is 2.72. The zero-order chi connectivity index (χ0) is 9.80. The summed E-state index contributed by atoms with van der Waals surface area (Å²) in [7, 11) is 0. The average molecular weight is 255 g/mol. The van der Waals surface area contributed by atoms with Crippen molar-refractivity contribution in [2.45, 2.75) is 19.1 Å². The molecule has 0 bridgehead atoms. The summed E-state index contributed by atoms with van der Waals surface area (Å²) in [5, 5.41) is 3.29. The molecule has 1 aliphatic heterocycles. The van der Waals surface area contributed by atoms with Crippen LogP contribution in [0, 0.1) is 6.42 Å². The monoisotopic (exact) mass is 254 g/mol. The van der Waals surface area contributed by atoms with Crippen molar-refractivity contribution in [2.24, 2.45) is 0 Å². The molecule has 2 rings (SSSR count). The van der Waals surface area contributed by atoms with E-state index in [2.05, 4.69) is 27.7 Å². The van der Waals surface area contributed by atoms with Gasteiger partial charge in [-0.1, -0.05) is 22.0 Å². The van der Waals surface area contributed by atoms with Gasteiger partial charge in [0.25, 0.3) is 0 Å². The van der Waals surface area contributed by atoms with Gasteiger partial charge in [-0.2, -0.15) is 0 Å². The maximum absolute atomic E-state index is 5.74. The van der Waals surface area contributed by atoms with Crippen LogP contribution in [0.25, 0.3) is 0 Å². The van der Waals surface area contributed by atoms with Gasteiger partial charge in [0.2, 0.25) is 0 Å². The molecule has 1 atom stereocenters. The maximum Gasteiger partial charge on any atom is 0.153 e. The molecular weight excluding hydrogens is 242 g/mol. The number of rotatable bonds is 2. The van der Waals surface area contributed by atoms with Gasteiger partial charge in [0.15, 0.2) is 6.23 Å². The Morgan fingerprint density at radius 3 is 3.07 bits per heavy atom. The van der Waals surface area contributed by atoms with Gasteiger partial charge in [0.1, 0.15) is 5.75 Å². The van der Waals surface area contributed by atoms with Crippen molar-refractivity contribution >= 4 is 15.9 Å². The second-order valence-corrected chi connectivity index (χ2v) is 4.24. The molecule has 1 aromatic carbocycles. The van der Waals surface area contributed by atoms with Crippen LogP contribution >= 0.6 is 15.9 Å². The number of nitrogens with one attached hydrogen (secondary N) is 1. The zero-order valence-corrected chi connectivity index (χ0v) is 9.46. The normalized spacial score (nSPS) is 21.9. The molecule has 1 heterocycles. The van der Waals surface area contributed by atoms with E-state index in [1.54, 1.807) is 0 Å². The molecule has 3 heteroatoms. The lowest BCUT2D eigenvalue weighted by Crippen LogP contribution is -2.38. The lowest BCUT2D eigenvalue weighted by Gasteiger charge is -2.24. The second-order valence-electron chi connectivity index (χ2n) is 3.33. The van der Waals surface area contributed by atoms with Gasteiger partial charge in [-0.05, 0) is 37.6 Å². The van der Waals surface area contributed by atoms with Crippen molar-refractivity contribution in [2.75, 3.05) is 6.54 Å². The number of piperidine rings is 1. The van der Waals surface area contributed by atoms with Crippen LogP contribution in [0.2, 0.25) is 0 Å². The first-order valence-electron chi connectivity index (χ1n) is 4.83. The molecule has 0 aromatic heterocycles. The van der Waals surface area contributed by atoms with E-state index in [1.165, 1.54) is 6.42 Å². The van der Waals surface area contributed by atoms with Crippen LogP contribution < -0.4 is 10.1 Å². The first-order valence-corrected chi connectivity index (χ1v) is 5.63. The summed E-state index contributed by atoms with van der Waals surface area (Å²) >= 11 is 3.42. The Bertz CT molecular complexity index is 297. The van der Waals surface area contributed by atoms with Crippen LogP contribution in [-0.2, 0) is 0 Å². The quantitative estimate of drug-likeness (QED) is 0.877. The van der Waals surface area contributed by atoms with Crippen molar-refractivity contribution in [3.8, 4) is 5.75 Å². The highest BCUT2D eigenvalue weighted by molar-refractivity contribution is 9.10. The molecule has 14 heavy (non-hydrogen) atoms. The summed E-state index contributed by atoms with van der Waals surface area (Å²) in [6, 6.07) is 7.91. The number of halogens is 1. The molecule has 1 N–H and O–H groups in total. The van der Waals surface area contributed by atoms with E-state index in [-0.39, 0.29) is 6.23 Å². The fourth-order valence-corrected chi connectivity index (χ4v) is 1.85. The smallest absolute Gasteiger partial charge is 0.153 e. The summed E-state index contributed by atoms with van der Waals surface area (Å²) in [5.41, 5.74) is 0. The Hall–Kier alpha value is -0.540. The molecule has 0 saturated carbocycles. The van der Waals surface area contributed by atoms with Gasteiger partial charge in [-0.3, -0.25) is 5.32 Å². The van der Waals surface area contributed by atoms with E-state index >= 15 is 0 Å².